The second kappa shape index (κ2) is 11.0. The van der Waals surface area contributed by atoms with Crippen LogP contribution in [0, 0.1) is 0 Å². The van der Waals surface area contributed by atoms with E-state index in [0.717, 1.165) is 22.1 Å². The van der Waals surface area contributed by atoms with Crippen LogP contribution >= 0.6 is 23.2 Å². The molecule has 0 amide bonds. The summed E-state index contributed by atoms with van der Waals surface area (Å²) in [5.41, 5.74) is 3.51. The topological polar surface area (TPSA) is 77.4 Å². The molecule has 36 heavy (non-hydrogen) atoms. The number of hydrogen-bond donors (Lipinski definition) is 2. The molecule has 2 heterocycles. The van der Waals surface area contributed by atoms with E-state index in [1.807, 2.05) is 24.3 Å². The Morgan fingerprint density at radius 2 is 0.917 bits per heavy atom. The minimum atomic E-state index is -0.853. The van der Waals surface area contributed by atoms with Gasteiger partial charge in [0.05, 0.1) is 13.2 Å². The van der Waals surface area contributed by atoms with E-state index in [2.05, 4.69) is 0 Å². The molecule has 2 N–H and O–H groups in total. The molecule has 0 aliphatic carbocycles. The van der Waals surface area contributed by atoms with Crippen LogP contribution in [0.5, 0.6) is 23.0 Å². The van der Waals surface area contributed by atoms with Crippen LogP contribution < -0.4 is 20.4 Å². The zero-order valence-corrected chi connectivity index (χ0v) is 20.4. The Balaban J connectivity index is 0.000000148. The Morgan fingerprint density at radius 1 is 0.556 bits per heavy atom. The van der Waals surface area contributed by atoms with E-state index in [-0.39, 0.29) is 0 Å². The fourth-order valence-corrected chi connectivity index (χ4v) is 4.04. The lowest BCUT2D eigenvalue weighted by Crippen LogP contribution is -2.27. The van der Waals surface area contributed by atoms with E-state index < -0.39 is 14.2 Å². The van der Waals surface area contributed by atoms with Crippen molar-refractivity contribution in [2.45, 2.75) is 13.2 Å². The molecule has 0 fully saturated rings. The molecule has 4 aromatic carbocycles. The third-order valence-electron chi connectivity index (χ3n) is 5.66. The molecule has 10 heteroatoms. The zero-order chi connectivity index (χ0) is 25.1. The predicted octanol–water partition coefficient (Wildman–Crippen LogP) is 4.70. The standard InChI is InChI=1S/2C13H10BClO3/c2*15-10-2-5-11(6-3-10)18-12-4-1-9-8-17-14(16)13(9)7-12/h2*1-7,16H,8H2. The van der Waals surface area contributed by atoms with Crippen molar-refractivity contribution in [1.82, 2.24) is 0 Å². The van der Waals surface area contributed by atoms with E-state index in [0.29, 0.717) is 46.3 Å². The molecule has 0 saturated carbocycles. The maximum absolute atomic E-state index is 9.61. The highest BCUT2D eigenvalue weighted by Crippen LogP contribution is 2.25. The minimum Gasteiger partial charge on any atom is -0.457 e. The van der Waals surface area contributed by atoms with Crippen LogP contribution in [-0.2, 0) is 22.5 Å². The van der Waals surface area contributed by atoms with Crippen molar-refractivity contribution in [3.63, 3.8) is 0 Å². The van der Waals surface area contributed by atoms with Crippen LogP contribution in [-0.4, -0.2) is 24.3 Å². The summed E-state index contributed by atoms with van der Waals surface area (Å²) in [4.78, 5) is 0. The van der Waals surface area contributed by atoms with Gasteiger partial charge in [-0.1, -0.05) is 35.3 Å². The first-order valence-electron chi connectivity index (χ1n) is 11.2. The normalized spacial score (nSPS) is 13.6. The average molecular weight is 521 g/mol. The van der Waals surface area contributed by atoms with Crippen molar-refractivity contribution < 1.29 is 28.8 Å². The maximum Gasteiger partial charge on any atom is 0.491 e. The van der Waals surface area contributed by atoms with Gasteiger partial charge in [-0.3, -0.25) is 0 Å². The number of hydrogen-bond acceptors (Lipinski definition) is 6. The van der Waals surface area contributed by atoms with Crippen LogP contribution in [0.3, 0.4) is 0 Å². The van der Waals surface area contributed by atoms with Crippen LogP contribution in [0.25, 0.3) is 0 Å². The fourth-order valence-electron chi connectivity index (χ4n) is 3.79. The second-order valence-electron chi connectivity index (χ2n) is 8.16. The summed E-state index contributed by atoms with van der Waals surface area (Å²) in [6.45, 7) is 0.884. The molecule has 6 nitrogen and oxygen atoms in total. The summed E-state index contributed by atoms with van der Waals surface area (Å²) in [7, 11) is -1.71. The van der Waals surface area contributed by atoms with Gasteiger partial charge in [0.15, 0.2) is 0 Å². The minimum absolute atomic E-state index is 0.442. The van der Waals surface area contributed by atoms with Crippen LogP contribution in [0.2, 0.25) is 10.0 Å². The molecule has 0 spiro atoms. The van der Waals surface area contributed by atoms with Gasteiger partial charge >= 0.3 is 14.2 Å². The van der Waals surface area contributed by atoms with Gasteiger partial charge in [0, 0.05) is 10.0 Å². The molecular weight excluding hydrogens is 501 g/mol. The Kier molecular flexibility index (Phi) is 7.53. The maximum atomic E-state index is 9.61. The van der Waals surface area contributed by atoms with Crippen LogP contribution in [0.15, 0.2) is 84.9 Å². The molecule has 0 bridgehead atoms. The molecule has 2 aliphatic heterocycles. The van der Waals surface area contributed by atoms with E-state index in [1.165, 1.54) is 0 Å². The summed E-state index contributed by atoms with van der Waals surface area (Å²) in [5.74, 6) is 2.74. The molecule has 0 radical (unpaired) electrons. The molecule has 6 rings (SSSR count). The van der Waals surface area contributed by atoms with Crippen molar-refractivity contribution in [3.05, 3.63) is 106 Å². The van der Waals surface area contributed by atoms with Gasteiger partial charge in [-0.2, -0.15) is 0 Å². The van der Waals surface area contributed by atoms with Crippen molar-refractivity contribution in [2.75, 3.05) is 0 Å². The lowest BCUT2D eigenvalue weighted by molar-refractivity contribution is 0.275. The third kappa shape index (κ3) is 5.87. The van der Waals surface area contributed by atoms with Gasteiger partial charge < -0.3 is 28.8 Å². The summed E-state index contributed by atoms with van der Waals surface area (Å²) in [6, 6.07) is 25.3. The van der Waals surface area contributed by atoms with Crippen molar-refractivity contribution in [1.29, 1.82) is 0 Å². The van der Waals surface area contributed by atoms with Gasteiger partial charge in [0.25, 0.3) is 0 Å². The van der Waals surface area contributed by atoms with Crippen molar-refractivity contribution in [3.8, 4) is 23.0 Å². The smallest absolute Gasteiger partial charge is 0.457 e. The molecule has 0 unspecified atom stereocenters. The Bertz CT molecular complexity index is 1250. The second-order valence-corrected chi connectivity index (χ2v) is 9.03. The summed E-state index contributed by atoms with van der Waals surface area (Å²) >= 11 is 11.6. The first-order chi connectivity index (χ1) is 17.4. The molecule has 0 atom stereocenters. The largest absolute Gasteiger partial charge is 0.491 e. The zero-order valence-electron chi connectivity index (χ0n) is 18.9. The SMILES string of the molecule is OB1OCc2ccc(Oc3ccc(Cl)cc3)cc21.OB1OCc2ccc(Oc3ccc(Cl)cc3)cc21. The first kappa shape index (κ1) is 24.7. The van der Waals surface area contributed by atoms with E-state index in [9.17, 15) is 10.0 Å². The molecular formula is C26H20B2Cl2O6. The summed E-state index contributed by atoms with van der Waals surface area (Å²) in [6.07, 6.45) is 0. The Labute approximate surface area is 219 Å². The number of halogens is 2. The highest BCUT2D eigenvalue weighted by molar-refractivity contribution is 6.62. The highest BCUT2D eigenvalue weighted by atomic mass is 35.5. The Hall–Kier alpha value is -2.97. The molecule has 4 aromatic rings. The highest BCUT2D eigenvalue weighted by Gasteiger charge is 2.28. The van der Waals surface area contributed by atoms with Crippen molar-refractivity contribution >= 4 is 48.4 Å². The quantitative estimate of drug-likeness (QED) is 0.380. The first-order valence-corrected chi connectivity index (χ1v) is 11.9. The van der Waals surface area contributed by atoms with Crippen LogP contribution in [0.1, 0.15) is 11.1 Å². The fraction of sp³-hybridized carbons (Fsp3) is 0.0769. The number of ether oxygens (including phenoxy) is 2. The third-order valence-corrected chi connectivity index (χ3v) is 6.16. The number of benzene rings is 4. The molecule has 2 aliphatic rings. The van der Waals surface area contributed by atoms with E-state index in [1.54, 1.807) is 60.7 Å². The van der Waals surface area contributed by atoms with E-state index in [4.69, 9.17) is 42.0 Å². The lowest BCUT2D eigenvalue weighted by Gasteiger charge is -2.07. The Morgan fingerprint density at radius 3 is 1.31 bits per heavy atom. The van der Waals surface area contributed by atoms with Gasteiger partial charge in [-0.25, -0.2) is 0 Å². The van der Waals surface area contributed by atoms with Crippen LogP contribution in [0.4, 0.5) is 0 Å². The molecule has 0 aromatic heterocycles. The summed E-state index contributed by atoms with van der Waals surface area (Å²) in [5, 5.41) is 20.6. The summed E-state index contributed by atoms with van der Waals surface area (Å²) < 4.78 is 21.6. The predicted molar refractivity (Wildman–Crippen MR) is 141 cm³/mol. The van der Waals surface area contributed by atoms with Gasteiger partial charge in [-0.05, 0) is 94.8 Å². The van der Waals surface area contributed by atoms with Gasteiger partial charge in [0.1, 0.15) is 23.0 Å². The monoisotopic (exact) mass is 520 g/mol. The lowest BCUT2D eigenvalue weighted by atomic mass is 9.79. The molecule has 0 saturated heterocycles. The van der Waals surface area contributed by atoms with Crippen molar-refractivity contribution in [2.24, 2.45) is 0 Å². The number of rotatable bonds is 4. The van der Waals surface area contributed by atoms with Gasteiger partial charge in [0.2, 0.25) is 0 Å². The van der Waals surface area contributed by atoms with Gasteiger partial charge in [-0.15, -0.1) is 0 Å². The average Bonchev–Trinajstić information content (AvgIpc) is 3.44. The number of fused-ring (bicyclic) bond motifs is 2. The molecule has 180 valence electrons. The van der Waals surface area contributed by atoms with E-state index >= 15 is 0 Å².